The van der Waals surface area contributed by atoms with Crippen LogP contribution in [0.25, 0.3) is 22.8 Å². The third-order valence-corrected chi connectivity index (χ3v) is 4.30. The summed E-state index contributed by atoms with van der Waals surface area (Å²) in [5.74, 6) is -0.577. The number of benzene rings is 3. The van der Waals surface area contributed by atoms with Crippen molar-refractivity contribution in [2.45, 2.75) is 6.10 Å². The first-order valence-corrected chi connectivity index (χ1v) is 8.60. The lowest BCUT2D eigenvalue weighted by Gasteiger charge is -2.10. The number of hydrogen-bond donors (Lipinski definition) is 1. The molecule has 4 aromatic rings. The van der Waals surface area contributed by atoms with Crippen LogP contribution in [0.4, 0.5) is 4.39 Å². The molecule has 0 radical (unpaired) electrons. The third-order valence-electron chi connectivity index (χ3n) is 4.30. The molecule has 0 bridgehead atoms. The molecule has 0 fully saturated rings. The van der Waals surface area contributed by atoms with Gasteiger partial charge in [-0.2, -0.15) is 4.98 Å². The van der Waals surface area contributed by atoms with Gasteiger partial charge in [-0.1, -0.05) is 65.8 Å². The van der Waals surface area contributed by atoms with Crippen molar-refractivity contribution in [3.8, 4) is 22.8 Å². The number of Topliss-reactive ketones (excluding diaryl/α,β-unsaturated/α-hetero) is 1. The number of aromatic nitrogens is 2. The smallest absolute Gasteiger partial charge is 0.261 e. The fraction of sp³-hybridized carbons (Fsp3) is 0.0455. The Morgan fingerprint density at radius 2 is 1.71 bits per heavy atom. The minimum absolute atomic E-state index is 0.0550. The van der Waals surface area contributed by atoms with Crippen LogP contribution in [0.15, 0.2) is 83.4 Å². The lowest BCUT2D eigenvalue weighted by molar-refractivity contribution is 0.0747. The molecule has 0 spiro atoms. The van der Waals surface area contributed by atoms with Crippen molar-refractivity contribution in [1.82, 2.24) is 10.1 Å². The second-order valence-corrected chi connectivity index (χ2v) is 6.16. The van der Waals surface area contributed by atoms with Gasteiger partial charge in [0, 0.05) is 11.1 Å². The molecule has 0 saturated carbocycles. The molecule has 1 N–H and O–H groups in total. The van der Waals surface area contributed by atoms with Gasteiger partial charge in [0.25, 0.3) is 5.89 Å². The van der Waals surface area contributed by atoms with Gasteiger partial charge in [0.15, 0.2) is 5.78 Å². The maximum Gasteiger partial charge on any atom is 0.261 e. The standard InChI is InChI=1S/C22H15FN2O3/c23-18-12-5-4-11-17(18)22-24-21(25-28-22)16-10-6-9-15(13-16)20(27)19(26)14-7-2-1-3-8-14/h1-13,20,27H. The van der Waals surface area contributed by atoms with Crippen LogP contribution in [0.3, 0.4) is 0 Å². The van der Waals surface area contributed by atoms with Crippen LogP contribution < -0.4 is 0 Å². The van der Waals surface area contributed by atoms with Gasteiger partial charge in [-0.3, -0.25) is 4.79 Å². The minimum atomic E-state index is -1.32. The van der Waals surface area contributed by atoms with E-state index in [4.69, 9.17) is 4.52 Å². The maximum atomic E-state index is 13.9. The van der Waals surface area contributed by atoms with Crippen molar-refractivity contribution in [2.24, 2.45) is 0 Å². The molecular weight excluding hydrogens is 359 g/mol. The van der Waals surface area contributed by atoms with Gasteiger partial charge in [-0.05, 0) is 23.8 Å². The zero-order valence-electron chi connectivity index (χ0n) is 14.6. The highest BCUT2D eigenvalue weighted by Gasteiger charge is 2.20. The second kappa shape index (κ2) is 7.54. The average molecular weight is 374 g/mol. The average Bonchev–Trinajstić information content (AvgIpc) is 3.24. The van der Waals surface area contributed by atoms with E-state index in [1.54, 1.807) is 72.8 Å². The molecule has 0 saturated heterocycles. The van der Waals surface area contributed by atoms with E-state index in [1.165, 1.54) is 6.07 Å². The molecular formula is C22H15FN2O3. The second-order valence-electron chi connectivity index (χ2n) is 6.16. The Labute approximate surface area is 160 Å². The summed E-state index contributed by atoms with van der Waals surface area (Å²) in [6.07, 6.45) is -1.32. The van der Waals surface area contributed by atoms with Crippen molar-refractivity contribution in [3.05, 3.63) is 95.8 Å². The van der Waals surface area contributed by atoms with E-state index in [1.807, 2.05) is 0 Å². The molecule has 1 heterocycles. The van der Waals surface area contributed by atoms with Gasteiger partial charge in [-0.15, -0.1) is 0 Å². The molecule has 1 atom stereocenters. The number of aliphatic hydroxyl groups is 1. The van der Waals surface area contributed by atoms with E-state index in [0.29, 0.717) is 16.7 Å². The zero-order chi connectivity index (χ0) is 19.5. The number of rotatable bonds is 5. The molecule has 5 nitrogen and oxygen atoms in total. The molecule has 0 amide bonds. The van der Waals surface area contributed by atoms with Gasteiger partial charge in [-0.25, -0.2) is 4.39 Å². The molecule has 28 heavy (non-hydrogen) atoms. The quantitative estimate of drug-likeness (QED) is 0.522. The van der Waals surface area contributed by atoms with Crippen molar-refractivity contribution >= 4 is 5.78 Å². The SMILES string of the molecule is O=C(c1ccccc1)C(O)c1cccc(-c2noc(-c3ccccc3F)n2)c1. The first kappa shape index (κ1) is 17.8. The number of halogens is 1. The molecule has 4 rings (SSSR count). The number of carbonyl (C=O) groups excluding carboxylic acids is 1. The predicted octanol–water partition coefficient (Wildman–Crippen LogP) is 4.46. The van der Waals surface area contributed by atoms with Crippen molar-refractivity contribution in [1.29, 1.82) is 0 Å². The summed E-state index contributed by atoms with van der Waals surface area (Å²) in [5.41, 5.74) is 1.57. The Hall–Kier alpha value is -3.64. The van der Waals surface area contributed by atoms with E-state index in [0.717, 1.165) is 0 Å². The van der Waals surface area contributed by atoms with Gasteiger partial charge in [0.05, 0.1) is 5.56 Å². The van der Waals surface area contributed by atoms with Crippen LogP contribution in [0, 0.1) is 5.82 Å². The fourth-order valence-electron chi connectivity index (χ4n) is 2.84. The molecule has 6 heteroatoms. The van der Waals surface area contributed by atoms with Crippen molar-refractivity contribution < 1.29 is 18.8 Å². The molecule has 138 valence electrons. The van der Waals surface area contributed by atoms with Crippen molar-refractivity contribution in [2.75, 3.05) is 0 Å². The Kier molecular flexibility index (Phi) is 4.78. The Morgan fingerprint density at radius 3 is 2.50 bits per heavy atom. The number of hydrogen-bond acceptors (Lipinski definition) is 5. The summed E-state index contributed by atoms with van der Waals surface area (Å²) in [7, 11) is 0. The number of aliphatic hydroxyl groups excluding tert-OH is 1. The van der Waals surface area contributed by atoms with E-state index in [2.05, 4.69) is 10.1 Å². The highest BCUT2D eigenvalue weighted by Crippen LogP contribution is 2.27. The summed E-state index contributed by atoms with van der Waals surface area (Å²) >= 11 is 0. The third kappa shape index (κ3) is 3.45. The topological polar surface area (TPSA) is 76.2 Å². The van der Waals surface area contributed by atoms with E-state index < -0.39 is 17.7 Å². The summed E-state index contributed by atoms with van der Waals surface area (Å²) < 4.78 is 19.1. The summed E-state index contributed by atoms with van der Waals surface area (Å²) in [5, 5.41) is 14.4. The highest BCUT2D eigenvalue weighted by atomic mass is 19.1. The maximum absolute atomic E-state index is 13.9. The van der Waals surface area contributed by atoms with Gasteiger partial charge in [0.2, 0.25) is 5.82 Å². The van der Waals surface area contributed by atoms with E-state index >= 15 is 0 Å². The Morgan fingerprint density at radius 1 is 0.964 bits per heavy atom. The van der Waals surface area contributed by atoms with Crippen molar-refractivity contribution in [3.63, 3.8) is 0 Å². The predicted molar refractivity (Wildman–Crippen MR) is 101 cm³/mol. The van der Waals surface area contributed by atoms with Crippen LogP contribution in [-0.4, -0.2) is 21.0 Å². The monoisotopic (exact) mass is 374 g/mol. The summed E-state index contributed by atoms with van der Waals surface area (Å²) in [6.45, 7) is 0. The number of carbonyl (C=O) groups is 1. The Bertz CT molecular complexity index is 1130. The lowest BCUT2D eigenvalue weighted by Crippen LogP contribution is -2.12. The largest absolute Gasteiger partial charge is 0.380 e. The molecule has 3 aromatic carbocycles. The van der Waals surface area contributed by atoms with Crippen LogP contribution in [-0.2, 0) is 0 Å². The molecule has 0 aliphatic heterocycles. The summed E-state index contributed by atoms with van der Waals surface area (Å²) in [6, 6.07) is 21.3. The molecule has 0 aliphatic carbocycles. The molecule has 1 unspecified atom stereocenters. The van der Waals surface area contributed by atoms with Crippen LogP contribution in [0.5, 0.6) is 0 Å². The zero-order valence-corrected chi connectivity index (χ0v) is 14.6. The lowest BCUT2D eigenvalue weighted by atomic mass is 9.98. The van der Waals surface area contributed by atoms with Crippen LogP contribution in [0.2, 0.25) is 0 Å². The van der Waals surface area contributed by atoms with Crippen LogP contribution >= 0.6 is 0 Å². The number of ketones is 1. The van der Waals surface area contributed by atoms with Gasteiger partial charge < -0.3 is 9.63 Å². The first-order valence-electron chi connectivity index (χ1n) is 8.60. The van der Waals surface area contributed by atoms with Crippen LogP contribution in [0.1, 0.15) is 22.0 Å². The molecule has 1 aromatic heterocycles. The number of nitrogens with zero attached hydrogens (tertiary/aromatic N) is 2. The normalized spacial score (nSPS) is 11.9. The first-order chi connectivity index (χ1) is 13.6. The fourth-order valence-corrected chi connectivity index (χ4v) is 2.84. The Balaban J connectivity index is 1.63. The highest BCUT2D eigenvalue weighted by molar-refractivity contribution is 5.99. The van der Waals surface area contributed by atoms with E-state index in [-0.39, 0.29) is 17.3 Å². The van der Waals surface area contributed by atoms with Gasteiger partial charge in [0.1, 0.15) is 11.9 Å². The minimum Gasteiger partial charge on any atom is -0.380 e. The van der Waals surface area contributed by atoms with E-state index in [9.17, 15) is 14.3 Å². The summed E-state index contributed by atoms with van der Waals surface area (Å²) in [4.78, 5) is 16.7. The molecule has 0 aliphatic rings. The van der Waals surface area contributed by atoms with Gasteiger partial charge >= 0.3 is 0 Å².